The number of halogens is 2. The van der Waals surface area contributed by atoms with E-state index in [1.54, 1.807) is 9.47 Å². The molecule has 0 aliphatic carbocycles. The van der Waals surface area contributed by atoms with Crippen LogP contribution in [-0.2, 0) is 19.0 Å². The minimum Gasteiger partial charge on any atom is -0.361 e. The molecular weight excluding hydrogens is 461 g/mol. The Bertz CT molecular complexity index is 1190. The number of benzene rings is 1. The molecule has 0 spiro atoms. The number of hydrogen-bond donors (Lipinski definition) is 3. The van der Waals surface area contributed by atoms with Crippen LogP contribution in [0.2, 0.25) is 10.2 Å². The van der Waals surface area contributed by atoms with Crippen LogP contribution in [0.25, 0.3) is 10.9 Å². The van der Waals surface area contributed by atoms with Gasteiger partial charge in [0.15, 0.2) is 11.0 Å². The van der Waals surface area contributed by atoms with E-state index < -0.39 is 0 Å². The van der Waals surface area contributed by atoms with Crippen LogP contribution in [0.3, 0.4) is 0 Å². The predicted molar refractivity (Wildman–Crippen MR) is 133 cm³/mol. The smallest absolute Gasteiger partial charge is 0.273 e. The van der Waals surface area contributed by atoms with Gasteiger partial charge in [0.2, 0.25) is 0 Å². The zero-order chi connectivity index (χ0) is 24.1. The van der Waals surface area contributed by atoms with Crippen molar-refractivity contribution in [3.63, 3.8) is 0 Å². The van der Waals surface area contributed by atoms with Crippen LogP contribution in [0, 0.1) is 5.92 Å². The second-order valence-electron chi connectivity index (χ2n) is 9.90. The summed E-state index contributed by atoms with van der Waals surface area (Å²) in [5.41, 5.74) is 2.20. The summed E-state index contributed by atoms with van der Waals surface area (Å²) in [5, 5.41) is 16.0. The highest BCUT2D eigenvalue weighted by Gasteiger charge is 2.32. The summed E-state index contributed by atoms with van der Waals surface area (Å²) in [6, 6.07) is 4.10. The number of aromatic amines is 1. The second kappa shape index (κ2) is 8.81. The number of imidazole rings is 1. The lowest BCUT2D eigenvalue weighted by atomic mass is 9.86. The van der Waals surface area contributed by atoms with Crippen LogP contribution in [0.5, 0.6) is 0 Å². The molecule has 4 rings (SSSR count). The number of carbonyl (C=O) groups is 1. The fraction of sp³-hybridized carbons (Fsp3) is 0.522. The van der Waals surface area contributed by atoms with Crippen LogP contribution in [0.1, 0.15) is 49.6 Å². The molecule has 3 aromatic rings. The van der Waals surface area contributed by atoms with Crippen LogP contribution >= 0.6 is 23.2 Å². The van der Waals surface area contributed by atoms with Gasteiger partial charge in [-0.05, 0) is 35.6 Å². The van der Waals surface area contributed by atoms with Gasteiger partial charge < -0.3 is 20.1 Å². The average molecular weight is 492 g/mol. The Morgan fingerprint density at radius 1 is 1.30 bits per heavy atom. The Balaban J connectivity index is 1.56. The van der Waals surface area contributed by atoms with E-state index in [9.17, 15) is 4.79 Å². The number of nitrogens with zero attached hydrogens (tertiary/aromatic N) is 4. The molecule has 0 radical (unpaired) electrons. The van der Waals surface area contributed by atoms with E-state index in [4.69, 9.17) is 23.2 Å². The van der Waals surface area contributed by atoms with Crippen molar-refractivity contribution in [2.24, 2.45) is 13.0 Å². The highest BCUT2D eigenvalue weighted by molar-refractivity contribution is 6.32. The Morgan fingerprint density at radius 2 is 2.03 bits per heavy atom. The molecule has 8 nitrogen and oxygen atoms in total. The first-order valence-corrected chi connectivity index (χ1v) is 11.9. The number of H-pyrrole nitrogens is 1. The number of carbonyl (C=O) groups excluding carboxylic acids is 1. The molecular formula is C23H31Cl2N7O. The number of rotatable bonds is 5. The van der Waals surface area contributed by atoms with Crippen molar-refractivity contribution >= 4 is 45.8 Å². The third-order valence-corrected chi connectivity index (χ3v) is 7.09. The molecule has 3 N–H and O–H groups in total. The molecule has 1 amide bonds. The van der Waals surface area contributed by atoms with Gasteiger partial charge in [-0.25, -0.2) is 4.98 Å². The standard InChI is InChI=1S/C23H31Cl2N7O/c1-12-9-26-10-17(12)31(5)22(33)19-20(25)28-18(32(19)6)11-27-21-13-7-14(23(2,3)4)15(24)8-16(13)29-30-21/h7-8,12,17,26H,9-11H2,1-6H3,(H2,27,29,30)/t12-,17+/m1/s1. The molecule has 0 saturated carbocycles. The van der Waals surface area contributed by atoms with Gasteiger partial charge in [-0.15, -0.1) is 0 Å². The lowest BCUT2D eigenvalue weighted by Gasteiger charge is -2.27. The molecule has 1 aliphatic rings. The quantitative estimate of drug-likeness (QED) is 0.497. The van der Waals surface area contributed by atoms with Gasteiger partial charge in [0.05, 0.1) is 12.1 Å². The summed E-state index contributed by atoms with van der Waals surface area (Å²) in [6.07, 6.45) is 0. The maximum atomic E-state index is 13.2. The summed E-state index contributed by atoms with van der Waals surface area (Å²) < 4.78 is 1.76. The van der Waals surface area contributed by atoms with Crippen molar-refractivity contribution < 1.29 is 4.79 Å². The van der Waals surface area contributed by atoms with E-state index in [1.165, 1.54) is 0 Å². The van der Waals surface area contributed by atoms with Crippen molar-refractivity contribution in [2.75, 3.05) is 25.5 Å². The normalized spacial score (nSPS) is 18.8. The third-order valence-electron chi connectivity index (χ3n) is 6.51. The molecule has 0 unspecified atom stereocenters. The Hall–Kier alpha value is -2.29. The summed E-state index contributed by atoms with van der Waals surface area (Å²) in [5.74, 6) is 1.60. The highest BCUT2D eigenvalue weighted by Crippen LogP contribution is 2.34. The monoisotopic (exact) mass is 491 g/mol. The number of hydrogen-bond acceptors (Lipinski definition) is 5. The zero-order valence-electron chi connectivity index (χ0n) is 19.9. The highest BCUT2D eigenvalue weighted by atomic mass is 35.5. The van der Waals surface area contributed by atoms with E-state index in [1.807, 2.05) is 20.2 Å². The number of nitrogens with one attached hydrogen (secondary N) is 3. The fourth-order valence-corrected chi connectivity index (χ4v) is 5.19. The topological polar surface area (TPSA) is 90.9 Å². The average Bonchev–Trinajstić information content (AvgIpc) is 3.41. The van der Waals surface area contributed by atoms with Crippen molar-refractivity contribution in [1.29, 1.82) is 0 Å². The number of amides is 1. The number of aromatic nitrogens is 4. The lowest BCUT2D eigenvalue weighted by molar-refractivity contribution is 0.0706. The van der Waals surface area contributed by atoms with Crippen LogP contribution in [-0.4, -0.2) is 56.7 Å². The van der Waals surface area contributed by atoms with Crippen molar-refractivity contribution in [1.82, 2.24) is 30.0 Å². The summed E-state index contributed by atoms with van der Waals surface area (Å²) in [4.78, 5) is 19.4. The molecule has 178 valence electrons. The van der Waals surface area contributed by atoms with Gasteiger partial charge in [0, 0.05) is 37.1 Å². The van der Waals surface area contributed by atoms with Gasteiger partial charge in [0.1, 0.15) is 11.5 Å². The van der Waals surface area contributed by atoms with E-state index in [0.717, 1.165) is 29.6 Å². The Kier molecular flexibility index (Phi) is 6.37. The first-order valence-electron chi connectivity index (χ1n) is 11.1. The minimum atomic E-state index is -0.128. The van der Waals surface area contributed by atoms with Gasteiger partial charge in [-0.1, -0.05) is 50.9 Å². The van der Waals surface area contributed by atoms with Crippen molar-refractivity contribution in [3.05, 3.63) is 39.4 Å². The van der Waals surface area contributed by atoms with Crippen LogP contribution < -0.4 is 10.6 Å². The number of likely N-dealkylation sites (N-methyl/N-ethyl adjacent to an activating group) is 1. The molecule has 0 bridgehead atoms. The molecule has 3 heterocycles. The molecule has 2 atom stereocenters. The van der Waals surface area contributed by atoms with E-state index in [0.29, 0.717) is 34.8 Å². The van der Waals surface area contributed by atoms with Crippen LogP contribution in [0.4, 0.5) is 5.82 Å². The maximum absolute atomic E-state index is 13.2. The molecule has 1 aliphatic heterocycles. The molecule has 2 aromatic heterocycles. The second-order valence-corrected chi connectivity index (χ2v) is 10.7. The van der Waals surface area contributed by atoms with Crippen LogP contribution in [0.15, 0.2) is 12.1 Å². The van der Waals surface area contributed by atoms with E-state index in [2.05, 4.69) is 59.6 Å². The molecule has 1 saturated heterocycles. The summed E-state index contributed by atoms with van der Waals surface area (Å²) in [6.45, 7) is 10.6. The molecule has 33 heavy (non-hydrogen) atoms. The molecule has 10 heteroatoms. The Morgan fingerprint density at radius 3 is 2.67 bits per heavy atom. The summed E-state index contributed by atoms with van der Waals surface area (Å²) in [7, 11) is 3.64. The van der Waals surface area contributed by atoms with Gasteiger partial charge in [-0.2, -0.15) is 5.10 Å². The van der Waals surface area contributed by atoms with Crippen molar-refractivity contribution in [2.45, 2.75) is 45.7 Å². The van der Waals surface area contributed by atoms with E-state index >= 15 is 0 Å². The first-order chi connectivity index (χ1) is 15.5. The first kappa shape index (κ1) is 23.9. The fourth-order valence-electron chi connectivity index (χ4n) is 4.44. The number of fused-ring (bicyclic) bond motifs is 1. The molecule has 1 aromatic carbocycles. The minimum absolute atomic E-state index is 0.0966. The number of anilines is 1. The predicted octanol–water partition coefficient (Wildman–Crippen LogP) is 4.19. The molecule has 1 fully saturated rings. The van der Waals surface area contributed by atoms with Gasteiger partial charge >= 0.3 is 0 Å². The SMILES string of the molecule is C[C@@H]1CNC[C@@H]1N(C)C(=O)c1c(Cl)nc(CNc2n[nH]c3cc(Cl)c(C(C)(C)C)cc23)n1C. The van der Waals surface area contributed by atoms with E-state index in [-0.39, 0.29) is 22.5 Å². The lowest BCUT2D eigenvalue weighted by Crippen LogP contribution is -2.42. The zero-order valence-corrected chi connectivity index (χ0v) is 21.4. The maximum Gasteiger partial charge on any atom is 0.273 e. The van der Waals surface area contributed by atoms with Gasteiger partial charge in [-0.3, -0.25) is 9.89 Å². The summed E-state index contributed by atoms with van der Waals surface area (Å²) >= 11 is 12.9. The Labute approximate surface area is 204 Å². The largest absolute Gasteiger partial charge is 0.361 e. The van der Waals surface area contributed by atoms with Gasteiger partial charge in [0.25, 0.3) is 5.91 Å². The third kappa shape index (κ3) is 4.44. The van der Waals surface area contributed by atoms with Crippen molar-refractivity contribution in [3.8, 4) is 0 Å².